The molecule has 7 nitrogen and oxygen atoms in total. The van der Waals surface area contributed by atoms with Crippen molar-refractivity contribution < 1.29 is 0 Å². The third-order valence-electron chi connectivity index (χ3n) is 3.46. The van der Waals surface area contributed by atoms with Gasteiger partial charge in [0.2, 0.25) is 0 Å². The molecule has 21 heavy (non-hydrogen) atoms. The standard InChI is InChI=1S/C14H23N5O2/c1-8(2)10-16-11-9(19(10)7-14(3,4)15)12(20)18(6)13(21)17(11)5/h8H,7,15H2,1-6H3. The topological polar surface area (TPSA) is 87.8 Å². The minimum absolute atomic E-state index is 0.125. The molecule has 0 aliphatic rings. The third kappa shape index (κ3) is 2.53. The average Bonchev–Trinajstić information content (AvgIpc) is 2.71. The lowest BCUT2D eigenvalue weighted by Gasteiger charge is -2.22. The fourth-order valence-electron chi connectivity index (χ4n) is 2.47. The van der Waals surface area contributed by atoms with Crippen molar-refractivity contribution in [2.45, 2.75) is 45.7 Å². The third-order valence-corrected chi connectivity index (χ3v) is 3.46. The van der Waals surface area contributed by atoms with E-state index in [-0.39, 0.29) is 17.2 Å². The Labute approximate surface area is 123 Å². The van der Waals surface area contributed by atoms with E-state index >= 15 is 0 Å². The molecule has 2 aromatic rings. The van der Waals surface area contributed by atoms with E-state index in [0.29, 0.717) is 17.7 Å². The van der Waals surface area contributed by atoms with Gasteiger partial charge >= 0.3 is 5.69 Å². The van der Waals surface area contributed by atoms with Crippen molar-refractivity contribution in [2.75, 3.05) is 0 Å². The first kappa shape index (κ1) is 15.5. The van der Waals surface area contributed by atoms with Gasteiger partial charge < -0.3 is 10.3 Å². The van der Waals surface area contributed by atoms with Crippen LogP contribution < -0.4 is 17.0 Å². The van der Waals surface area contributed by atoms with Crippen LogP contribution in [0.3, 0.4) is 0 Å². The fourth-order valence-corrected chi connectivity index (χ4v) is 2.47. The Hall–Kier alpha value is -1.89. The van der Waals surface area contributed by atoms with Crippen molar-refractivity contribution in [3.63, 3.8) is 0 Å². The van der Waals surface area contributed by atoms with Gasteiger partial charge in [-0.25, -0.2) is 9.78 Å². The number of fused-ring (bicyclic) bond motifs is 1. The summed E-state index contributed by atoms with van der Waals surface area (Å²) in [6.45, 7) is 8.27. The molecule has 2 N–H and O–H groups in total. The number of aryl methyl sites for hydroxylation is 1. The largest absolute Gasteiger partial charge is 0.332 e. The summed E-state index contributed by atoms with van der Waals surface area (Å²) in [5.74, 6) is 0.890. The van der Waals surface area contributed by atoms with E-state index in [9.17, 15) is 9.59 Å². The maximum atomic E-state index is 12.5. The second kappa shape index (κ2) is 4.84. The fraction of sp³-hybridized carbons (Fsp3) is 0.643. The molecule has 0 saturated carbocycles. The van der Waals surface area contributed by atoms with E-state index in [1.807, 2.05) is 32.3 Å². The Kier molecular flexibility index (Phi) is 3.57. The number of imidazole rings is 1. The van der Waals surface area contributed by atoms with Crippen molar-refractivity contribution in [1.82, 2.24) is 18.7 Å². The van der Waals surface area contributed by atoms with Crippen LogP contribution in [0.1, 0.15) is 39.4 Å². The molecule has 2 heterocycles. The summed E-state index contributed by atoms with van der Waals surface area (Å²) in [5, 5.41) is 0. The van der Waals surface area contributed by atoms with Crippen LogP contribution in [0.2, 0.25) is 0 Å². The van der Waals surface area contributed by atoms with Crippen molar-refractivity contribution in [2.24, 2.45) is 19.8 Å². The van der Waals surface area contributed by atoms with Crippen molar-refractivity contribution >= 4 is 11.2 Å². The smallest absolute Gasteiger partial charge is 0.324 e. The lowest BCUT2D eigenvalue weighted by atomic mass is 10.1. The summed E-state index contributed by atoms with van der Waals surface area (Å²) in [7, 11) is 3.10. The SMILES string of the molecule is CC(C)c1nc2c(c(=O)n(C)c(=O)n2C)n1CC(C)(C)N. The zero-order valence-electron chi connectivity index (χ0n) is 13.5. The summed E-state index contributed by atoms with van der Waals surface area (Å²) in [5.41, 5.74) is 5.76. The highest BCUT2D eigenvalue weighted by Gasteiger charge is 2.23. The minimum atomic E-state index is -0.489. The van der Waals surface area contributed by atoms with Crippen LogP contribution in [0, 0.1) is 0 Å². The van der Waals surface area contributed by atoms with Gasteiger partial charge in [-0.2, -0.15) is 0 Å². The Morgan fingerprint density at radius 3 is 2.24 bits per heavy atom. The van der Waals surface area contributed by atoms with Gasteiger partial charge in [0.25, 0.3) is 5.56 Å². The van der Waals surface area contributed by atoms with Gasteiger partial charge in [0, 0.05) is 32.1 Å². The van der Waals surface area contributed by atoms with Gasteiger partial charge in [0.05, 0.1) is 0 Å². The molecule has 0 aliphatic carbocycles. The summed E-state index contributed by atoms with van der Waals surface area (Å²) in [4.78, 5) is 29.0. The molecule has 2 rings (SSSR count). The van der Waals surface area contributed by atoms with E-state index in [0.717, 1.165) is 10.4 Å². The van der Waals surface area contributed by atoms with E-state index in [1.165, 1.54) is 11.6 Å². The monoisotopic (exact) mass is 293 g/mol. The zero-order chi connectivity index (χ0) is 16.1. The maximum Gasteiger partial charge on any atom is 0.332 e. The van der Waals surface area contributed by atoms with E-state index in [1.54, 1.807) is 7.05 Å². The summed E-state index contributed by atoms with van der Waals surface area (Å²) in [6, 6.07) is 0. The number of hydrogen-bond donors (Lipinski definition) is 1. The van der Waals surface area contributed by atoms with Crippen LogP contribution in [0.25, 0.3) is 11.2 Å². The molecule has 7 heteroatoms. The molecule has 0 bridgehead atoms. The van der Waals surface area contributed by atoms with Crippen molar-refractivity contribution in [3.05, 3.63) is 26.7 Å². The maximum absolute atomic E-state index is 12.5. The molecule has 0 unspecified atom stereocenters. The highest BCUT2D eigenvalue weighted by molar-refractivity contribution is 5.71. The van der Waals surface area contributed by atoms with Gasteiger partial charge in [-0.05, 0) is 13.8 Å². The molecule has 0 saturated heterocycles. The van der Waals surface area contributed by atoms with Gasteiger partial charge in [-0.15, -0.1) is 0 Å². The Morgan fingerprint density at radius 2 is 1.76 bits per heavy atom. The van der Waals surface area contributed by atoms with Gasteiger partial charge in [-0.1, -0.05) is 13.8 Å². The number of nitrogens with two attached hydrogens (primary N) is 1. The highest BCUT2D eigenvalue weighted by Crippen LogP contribution is 2.20. The molecule has 0 atom stereocenters. The van der Waals surface area contributed by atoms with Crippen molar-refractivity contribution in [3.8, 4) is 0 Å². The Balaban J connectivity index is 2.97. The summed E-state index contributed by atoms with van der Waals surface area (Å²) < 4.78 is 4.36. The predicted octanol–water partition coefficient (Wildman–Crippen LogP) is 0.294. The van der Waals surface area contributed by atoms with E-state index in [2.05, 4.69) is 4.98 Å². The lowest BCUT2D eigenvalue weighted by molar-refractivity contribution is 0.427. The number of aromatic nitrogens is 4. The van der Waals surface area contributed by atoms with Crippen LogP contribution in [0.4, 0.5) is 0 Å². The van der Waals surface area contributed by atoms with Gasteiger partial charge in [0.15, 0.2) is 11.2 Å². The van der Waals surface area contributed by atoms with Crippen molar-refractivity contribution in [1.29, 1.82) is 0 Å². The first-order valence-corrected chi connectivity index (χ1v) is 6.99. The van der Waals surface area contributed by atoms with Crippen LogP contribution >= 0.6 is 0 Å². The molecule has 0 spiro atoms. The molecule has 116 valence electrons. The summed E-state index contributed by atoms with van der Waals surface area (Å²) in [6.07, 6.45) is 0. The predicted molar refractivity (Wildman–Crippen MR) is 82.6 cm³/mol. The molecular weight excluding hydrogens is 270 g/mol. The lowest BCUT2D eigenvalue weighted by Crippen LogP contribution is -2.40. The van der Waals surface area contributed by atoms with Crippen LogP contribution in [0.5, 0.6) is 0 Å². The highest BCUT2D eigenvalue weighted by atomic mass is 16.2. The zero-order valence-corrected chi connectivity index (χ0v) is 13.5. The Morgan fingerprint density at radius 1 is 1.19 bits per heavy atom. The molecule has 2 aromatic heterocycles. The quantitative estimate of drug-likeness (QED) is 0.881. The second-order valence-corrected chi connectivity index (χ2v) is 6.58. The normalized spacial score (nSPS) is 12.6. The number of hydrogen-bond acceptors (Lipinski definition) is 4. The van der Waals surface area contributed by atoms with Gasteiger partial charge in [0.1, 0.15) is 5.82 Å². The van der Waals surface area contributed by atoms with Gasteiger partial charge in [-0.3, -0.25) is 13.9 Å². The first-order valence-electron chi connectivity index (χ1n) is 6.99. The van der Waals surface area contributed by atoms with E-state index in [4.69, 9.17) is 5.73 Å². The molecule has 0 fully saturated rings. The molecular formula is C14H23N5O2. The van der Waals surface area contributed by atoms with Crippen LogP contribution in [-0.2, 0) is 20.6 Å². The number of nitrogens with zero attached hydrogens (tertiary/aromatic N) is 4. The molecule has 0 aromatic carbocycles. The Bertz CT molecular complexity index is 802. The molecule has 0 amide bonds. The molecule has 0 aliphatic heterocycles. The molecule has 0 radical (unpaired) electrons. The minimum Gasteiger partial charge on any atom is -0.324 e. The summed E-state index contributed by atoms with van der Waals surface area (Å²) >= 11 is 0. The van der Waals surface area contributed by atoms with Crippen LogP contribution in [-0.4, -0.2) is 24.2 Å². The van der Waals surface area contributed by atoms with Crippen LogP contribution in [0.15, 0.2) is 9.59 Å². The van der Waals surface area contributed by atoms with E-state index < -0.39 is 5.54 Å². The average molecular weight is 293 g/mol. The second-order valence-electron chi connectivity index (χ2n) is 6.58. The number of rotatable bonds is 3. The first-order chi connectivity index (χ1) is 9.54.